The molecule has 3 aromatic heterocycles. The van der Waals surface area contributed by atoms with Gasteiger partial charge in [-0.2, -0.15) is 17.2 Å². The average molecular weight is 788 g/mol. The zero-order valence-electron chi connectivity index (χ0n) is 26.4. The summed E-state index contributed by atoms with van der Waals surface area (Å²) in [5.41, 5.74) is 8.88. The number of aryl methyl sites for hydroxylation is 1. The fraction of sp³-hybridized carbons (Fsp3) is 0.158. The monoisotopic (exact) mass is 787 g/mol. The van der Waals surface area contributed by atoms with E-state index in [0.717, 1.165) is 78.2 Å². The van der Waals surface area contributed by atoms with E-state index >= 15 is 0 Å². The first kappa shape index (κ1) is 31.1. The summed E-state index contributed by atoms with van der Waals surface area (Å²) in [5, 5.41) is 6.87. The molecule has 232 valence electrons. The number of rotatable bonds is 7. The van der Waals surface area contributed by atoms with Crippen molar-refractivity contribution in [2.75, 3.05) is 14.2 Å². The van der Waals surface area contributed by atoms with Crippen molar-refractivity contribution in [1.82, 2.24) is 19.3 Å². The van der Waals surface area contributed by atoms with E-state index in [1.54, 1.807) is 18.9 Å². The van der Waals surface area contributed by atoms with Gasteiger partial charge in [-0.1, -0.05) is 23.7 Å². The van der Waals surface area contributed by atoms with Gasteiger partial charge in [-0.05, 0) is 79.2 Å². The molecule has 7 rings (SSSR count). The Kier molecular flexibility index (Phi) is 8.45. The van der Waals surface area contributed by atoms with E-state index in [0.29, 0.717) is 11.5 Å². The van der Waals surface area contributed by atoms with Gasteiger partial charge in [0.25, 0.3) is 0 Å². The Balaban J connectivity index is 0.00000372. The van der Waals surface area contributed by atoms with Crippen molar-refractivity contribution in [3.05, 3.63) is 120 Å². The molecule has 0 atom stereocenters. The summed E-state index contributed by atoms with van der Waals surface area (Å²) in [6.07, 6.45) is 5.60. The van der Waals surface area contributed by atoms with Crippen molar-refractivity contribution in [3.8, 4) is 45.6 Å². The van der Waals surface area contributed by atoms with Gasteiger partial charge in [0, 0.05) is 35.0 Å². The Morgan fingerprint density at radius 3 is 2.22 bits per heavy atom. The van der Waals surface area contributed by atoms with Crippen LogP contribution in [0.2, 0.25) is 0 Å². The molecule has 0 unspecified atom stereocenters. The Morgan fingerprint density at radius 2 is 1.48 bits per heavy atom. The van der Waals surface area contributed by atoms with Crippen molar-refractivity contribution in [2.24, 2.45) is 0 Å². The summed E-state index contributed by atoms with van der Waals surface area (Å²) in [6.45, 7) is 8.28. The first-order chi connectivity index (χ1) is 21.9. The van der Waals surface area contributed by atoms with Gasteiger partial charge in [0.2, 0.25) is 0 Å². The molecule has 3 heterocycles. The zero-order chi connectivity index (χ0) is 31.2. The van der Waals surface area contributed by atoms with Crippen molar-refractivity contribution < 1.29 is 35.3 Å². The summed E-state index contributed by atoms with van der Waals surface area (Å²) in [7, 11) is 3.37. The van der Waals surface area contributed by atoms with Gasteiger partial charge in [0.05, 0.1) is 26.0 Å². The van der Waals surface area contributed by atoms with Crippen LogP contribution in [-0.2, 0) is 21.1 Å². The zero-order valence-corrected chi connectivity index (χ0v) is 28.7. The van der Waals surface area contributed by atoms with E-state index < -0.39 is 0 Å². The first-order valence-electron chi connectivity index (χ1n) is 14.7. The number of benzene rings is 4. The van der Waals surface area contributed by atoms with Crippen LogP contribution in [0.5, 0.6) is 23.0 Å². The second kappa shape index (κ2) is 12.5. The SMILES string of the molecule is COc1c(C)c(C)c(C)c(OC)c1-c1cnn(-c2[c-]c(Oc3[c-]c4c(cc3)c3ccccc3n4-c3cc(C)ccn3)ccc2)c1.[Pt+2]. The largest absolute Gasteiger partial charge is 2.00 e. The Labute approximate surface area is 282 Å². The molecule has 0 spiro atoms. The van der Waals surface area contributed by atoms with Crippen molar-refractivity contribution in [3.63, 3.8) is 0 Å². The number of nitrogens with zero attached hydrogens (tertiary/aromatic N) is 4. The predicted molar refractivity (Wildman–Crippen MR) is 177 cm³/mol. The number of aromatic nitrogens is 4. The van der Waals surface area contributed by atoms with E-state index in [1.165, 1.54) is 0 Å². The van der Waals surface area contributed by atoms with Crippen LogP contribution in [-0.4, -0.2) is 33.6 Å². The minimum absolute atomic E-state index is 0. The predicted octanol–water partition coefficient (Wildman–Crippen LogP) is 8.67. The van der Waals surface area contributed by atoms with Gasteiger partial charge in [0.1, 0.15) is 17.3 Å². The molecule has 46 heavy (non-hydrogen) atoms. The van der Waals surface area contributed by atoms with Gasteiger partial charge in [-0.3, -0.25) is 4.68 Å². The van der Waals surface area contributed by atoms with Crippen molar-refractivity contribution in [2.45, 2.75) is 27.7 Å². The number of fused-ring (bicyclic) bond motifs is 3. The number of pyridine rings is 1. The number of ether oxygens (including phenoxy) is 3. The second-order valence-corrected chi connectivity index (χ2v) is 11.1. The normalized spacial score (nSPS) is 11.1. The van der Waals surface area contributed by atoms with Crippen LogP contribution in [0, 0.1) is 39.8 Å². The van der Waals surface area contributed by atoms with Crippen LogP contribution in [0.4, 0.5) is 0 Å². The quantitative estimate of drug-likeness (QED) is 0.152. The molecule has 8 heteroatoms. The number of hydrogen-bond donors (Lipinski definition) is 0. The third-order valence-corrected chi connectivity index (χ3v) is 8.45. The fourth-order valence-electron chi connectivity index (χ4n) is 6.02. The second-order valence-electron chi connectivity index (χ2n) is 11.1. The Hall–Kier alpha value is -4.87. The van der Waals surface area contributed by atoms with Crippen LogP contribution in [0.1, 0.15) is 22.3 Å². The maximum atomic E-state index is 6.34. The molecule has 0 amide bonds. The molecule has 0 radical (unpaired) electrons. The molecule has 0 bridgehead atoms. The molecule has 0 aliphatic carbocycles. The van der Waals surface area contributed by atoms with Crippen molar-refractivity contribution in [1.29, 1.82) is 0 Å². The smallest absolute Gasteiger partial charge is 0.509 e. The molecule has 0 saturated carbocycles. The minimum Gasteiger partial charge on any atom is -0.509 e. The molecule has 0 fully saturated rings. The van der Waals surface area contributed by atoms with E-state index in [4.69, 9.17) is 14.2 Å². The van der Waals surface area contributed by atoms with E-state index in [-0.39, 0.29) is 21.1 Å². The molecule has 0 N–H and O–H groups in total. The topological polar surface area (TPSA) is 63.3 Å². The van der Waals surface area contributed by atoms with Gasteiger partial charge >= 0.3 is 21.1 Å². The fourth-order valence-corrected chi connectivity index (χ4v) is 6.02. The third kappa shape index (κ3) is 5.25. The van der Waals surface area contributed by atoms with Gasteiger partial charge in [-0.15, -0.1) is 35.7 Å². The number of methoxy groups -OCH3 is 2. The number of para-hydroxylation sites is 1. The van der Waals surface area contributed by atoms with Gasteiger partial charge in [0.15, 0.2) is 0 Å². The molecular weight excluding hydrogens is 756 g/mol. The number of hydrogen-bond acceptors (Lipinski definition) is 5. The van der Waals surface area contributed by atoms with Crippen LogP contribution in [0.3, 0.4) is 0 Å². The van der Waals surface area contributed by atoms with Gasteiger partial charge < -0.3 is 18.8 Å². The molecule has 0 aliphatic heterocycles. The first-order valence-corrected chi connectivity index (χ1v) is 14.7. The van der Waals surface area contributed by atoms with E-state index in [2.05, 4.69) is 84.8 Å². The summed E-state index contributed by atoms with van der Waals surface area (Å²) in [6, 6.07) is 29.0. The third-order valence-electron chi connectivity index (χ3n) is 8.45. The summed E-state index contributed by atoms with van der Waals surface area (Å²) < 4.78 is 21.9. The summed E-state index contributed by atoms with van der Waals surface area (Å²) >= 11 is 0. The Morgan fingerprint density at radius 1 is 0.739 bits per heavy atom. The molecule has 7 aromatic rings. The maximum Gasteiger partial charge on any atom is 2.00 e. The molecular formula is C38H32N4O3Pt. The van der Waals surface area contributed by atoms with E-state index in [9.17, 15) is 0 Å². The van der Waals surface area contributed by atoms with Crippen LogP contribution in [0.25, 0.3) is 44.4 Å². The standard InChI is InChI=1S/C38H32N4O3.Pt/c1-23-16-17-39-35(18-23)42-33-13-8-7-12-31(33)32-15-14-30(20-34(32)42)45-29-11-9-10-28(19-29)41-22-27(21-40-41)36-37(43-5)25(3)24(2)26(4)38(36)44-6;/h7-18,21-22H,1-6H3;/q-2;+2. The maximum absolute atomic E-state index is 6.34. The van der Waals surface area contributed by atoms with Crippen LogP contribution >= 0.6 is 0 Å². The Bertz CT molecular complexity index is 2200. The molecule has 0 saturated heterocycles. The van der Waals surface area contributed by atoms with Crippen LogP contribution < -0.4 is 14.2 Å². The van der Waals surface area contributed by atoms with Crippen LogP contribution in [0.15, 0.2) is 85.3 Å². The van der Waals surface area contributed by atoms with E-state index in [1.807, 2.05) is 55.0 Å². The van der Waals surface area contributed by atoms with Gasteiger partial charge in [-0.25, -0.2) is 4.98 Å². The summed E-state index contributed by atoms with van der Waals surface area (Å²) in [5.74, 6) is 3.52. The molecule has 4 aromatic carbocycles. The molecule has 7 nitrogen and oxygen atoms in total. The molecule has 0 aliphatic rings. The summed E-state index contributed by atoms with van der Waals surface area (Å²) in [4.78, 5) is 4.67. The average Bonchev–Trinajstić information content (AvgIpc) is 3.67. The minimum atomic E-state index is 0. The van der Waals surface area contributed by atoms with Crippen molar-refractivity contribution >= 4 is 21.8 Å².